The van der Waals surface area contributed by atoms with Gasteiger partial charge < -0.3 is 50.8 Å². The molecule has 0 saturated carbocycles. The van der Waals surface area contributed by atoms with Crippen LogP contribution in [0.3, 0.4) is 0 Å². The fraction of sp³-hybridized carbons (Fsp3) is 0.222. The van der Waals surface area contributed by atoms with Gasteiger partial charge in [0, 0.05) is 61.3 Å². The topological polar surface area (TPSA) is 213 Å². The van der Waals surface area contributed by atoms with Gasteiger partial charge in [-0.05, 0) is 79.5 Å². The molecule has 1 atom stereocenters. The molecule has 2 amide bonds. The van der Waals surface area contributed by atoms with E-state index in [0.717, 1.165) is 34.4 Å². The van der Waals surface area contributed by atoms with Gasteiger partial charge in [0.25, 0.3) is 5.91 Å². The zero-order chi connectivity index (χ0) is 44.3. The maximum atomic E-state index is 14.6. The van der Waals surface area contributed by atoms with Gasteiger partial charge in [-0.3, -0.25) is 14.4 Å². The molecule has 1 unspecified atom stereocenters. The SMILES string of the molecule is COc1ccccc1C(=O)Nc1ccccc1-n1cc(CNC/C(N)=C/N(N)CCOc2cc3c(cc2Oc2ccc(C=O)c(F)c2)C(CC(=O)Nc2nccs2)NCC3)nc1C. The number of nitrogens with two attached hydrogens (primary N) is 2. The Morgan fingerprint density at radius 2 is 1.89 bits per heavy atom. The van der Waals surface area contributed by atoms with E-state index in [2.05, 4.69) is 26.3 Å². The molecule has 63 heavy (non-hydrogen) atoms. The van der Waals surface area contributed by atoms with Gasteiger partial charge in [0.1, 0.15) is 29.7 Å². The van der Waals surface area contributed by atoms with Crippen molar-refractivity contribution >= 4 is 40.3 Å². The zero-order valence-corrected chi connectivity index (χ0v) is 35.4. The van der Waals surface area contributed by atoms with Crippen LogP contribution in [0, 0.1) is 12.7 Å². The second-order valence-electron chi connectivity index (χ2n) is 14.5. The number of carbonyl (C=O) groups excluding carboxylic acids is 3. The second kappa shape index (κ2) is 20.6. The van der Waals surface area contributed by atoms with Crippen LogP contribution < -0.4 is 47.1 Å². The normalized spacial score (nSPS) is 13.5. The monoisotopic (exact) mass is 874 g/mol. The number of benzene rings is 4. The maximum Gasteiger partial charge on any atom is 0.259 e. The Hall–Kier alpha value is -7.12. The fourth-order valence-corrected chi connectivity index (χ4v) is 7.60. The standard InChI is InChI=1S/C45H47FN10O6S/c1-28-52-32(26-56(28)39-9-5-4-8-37(39)53-44(59)34-7-3-6-10-40(34)60-2)24-49-23-31(47)25-55(48)16-17-61-41-19-29-13-14-50-38(22-43(58)54-45-51-15-18-63-45)35(29)21-42(41)62-33-12-11-30(27-57)36(46)20-33/h3-12,15,18-21,25-27,38,49-50H,13-14,16-17,22-24,47-48H2,1-2H3,(H,53,59)(H,51,54,58)/b31-25-. The third-order valence-electron chi connectivity index (χ3n) is 10.0. The average molecular weight is 875 g/mol. The molecular formula is C45H47FN10O6S. The Kier molecular flexibility index (Phi) is 14.4. The molecule has 0 radical (unpaired) electrons. The van der Waals surface area contributed by atoms with Crippen molar-refractivity contribution in [1.82, 2.24) is 30.2 Å². The first-order chi connectivity index (χ1) is 30.6. The number of hydrazine groups is 1. The summed E-state index contributed by atoms with van der Waals surface area (Å²) in [4.78, 5) is 46.2. The van der Waals surface area contributed by atoms with Gasteiger partial charge >= 0.3 is 0 Å². The number of halogens is 1. The third kappa shape index (κ3) is 11.2. The number of fused-ring (bicyclic) bond motifs is 1. The van der Waals surface area contributed by atoms with E-state index in [4.69, 9.17) is 30.8 Å². The van der Waals surface area contributed by atoms with E-state index in [-0.39, 0.29) is 48.7 Å². The summed E-state index contributed by atoms with van der Waals surface area (Å²) in [5.41, 5.74) is 11.1. The number of aldehydes is 1. The van der Waals surface area contributed by atoms with E-state index in [9.17, 15) is 18.8 Å². The molecule has 0 fully saturated rings. The Bertz CT molecular complexity index is 2600. The quantitative estimate of drug-likeness (QED) is 0.0314. The van der Waals surface area contributed by atoms with Crippen molar-refractivity contribution < 1.29 is 33.0 Å². The molecule has 1 aliphatic rings. The zero-order valence-electron chi connectivity index (χ0n) is 34.6. The summed E-state index contributed by atoms with van der Waals surface area (Å²) in [6, 6.07) is 21.8. The Labute approximate surface area is 367 Å². The minimum absolute atomic E-state index is 0.0948. The van der Waals surface area contributed by atoms with Crippen molar-refractivity contribution in [2.24, 2.45) is 11.6 Å². The first-order valence-corrected chi connectivity index (χ1v) is 20.9. The highest BCUT2D eigenvalue weighted by molar-refractivity contribution is 7.13. The number of nitrogens with one attached hydrogen (secondary N) is 4. The molecule has 2 aromatic heterocycles. The average Bonchev–Trinajstić information content (AvgIpc) is 3.93. The second-order valence-corrected chi connectivity index (χ2v) is 15.4. The first kappa shape index (κ1) is 44.0. The van der Waals surface area contributed by atoms with Crippen LogP contribution in [0.2, 0.25) is 0 Å². The lowest BCUT2D eigenvalue weighted by molar-refractivity contribution is -0.116. The van der Waals surface area contributed by atoms with Crippen LogP contribution >= 0.6 is 11.3 Å². The molecule has 4 aromatic carbocycles. The smallest absolute Gasteiger partial charge is 0.259 e. The summed E-state index contributed by atoms with van der Waals surface area (Å²) in [5.74, 6) is 7.14. The van der Waals surface area contributed by atoms with Gasteiger partial charge in [-0.25, -0.2) is 20.2 Å². The number of thiazole rings is 1. The minimum atomic E-state index is -0.724. The lowest BCUT2D eigenvalue weighted by Gasteiger charge is -2.28. The van der Waals surface area contributed by atoms with Crippen LogP contribution in [0.1, 0.15) is 55.8 Å². The largest absolute Gasteiger partial charge is 0.496 e. The number of aryl methyl sites for hydroxylation is 1. The van der Waals surface area contributed by atoms with Crippen molar-refractivity contribution in [2.75, 3.05) is 44.0 Å². The molecule has 0 aliphatic carbocycles. The molecule has 0 spiro atoms. The summed E-state index contributed by atoms with van der Waals surface area (Å²) >= 11 is 1.33. The number of ether oxygens (including phenoxy) is 3. The van der Waals surface area contributed by atoms with Gasteiger partial charge in [0.05, 0.1) is 41.9 Å². The molecule has 6 aromatic rings. The molecule has 7 rings (SSSR count). The van der Waals surface area contributed by atoms with Crippen molar-refractivity contribution in [1.29, 1.82) is 0 Å². The van der Waals surface area contributed by atoms with E-state index in [1.165, 1.54) is 35.6 Å². The third-order valence-corrected chi connectivity index (χ3v) is 10.7. The summed E-state index contributed by atoms with van der Waals surface area (Å²) in [6.45, 7) is 3.62. The minimum Gasteiger partial charge on any atom is -0.496 e. The van der Waals surface area contributed by atoms with Crippen molar-refractivity contribution in [3.63, 3.8) is 0 Å². The Balaban J connectivity index is 0.961. The predicted molar refractivity (Wildman–Crippen MR) is 238 cm³/mol. The maximum absolute atomic E-state index is 14.6. The van der Waals surface area contributed by atoms with Gasteiger partial charge in [0.2, 0.25) is 5.91 Å². The van der Waals surface area contributed by atoms with Gasteiger partial charge in [-0.15, -0.1) is 11.3 Å². The van der Waals surface area contributed by atoms with Gasteiger partial charge in [0.15, 0.2) is 22.9 Å². The molecule has 16 nitrogen and oxygen atoms in total. The fourth-order valence-electron chi connectivity index (χ4n) is 7.05. The lowest BCUT2D eigenvalue weighted by atomic mass is 9.91. The number of aromatic nitrogens is 3. The van der Waals surface area contributed by atoms with Gasteiger partial charge in [-0.2, -0.15) is 0 Å². The number of rotatable bonds is 19. The molecule has 326 valence electrons. The van der Waals surface area contributed by atoms with Crippen molar-refractivity contribution in [2.45, 2.75) is 32.4 Å². The molecule has 8 N–H and O–H groups in total. The number of para-hydroxylation sites is 3. The highest BCUT2D eigenvalue weighted by Gasteiger charge is 2.26. The molecule has 1 aliphatic heterocycles. The molecular weight excluding hydrogens is 828 g/mol. The van der Waals surface area contributed by atoms with E-state index in [0.29, 0.717) is 71.7 Å². The van der Waals surface area contributed by atoms with E-state index < -0.39 is 5.82 Å². The molecule has 18 heteroatoms. The van der Waals surface area contributed by atoms with Crippen molar-refractivity contribution in [3.05, 3.63) is 148 Å². The van der Waals surface area contributed by atoms with Crippen LogP contribution in [0.4, 0.5) is 15.2 Å². The summed E-state index contributed by atoms with van der Waals surface area (Å²) in [6.07, 6.45) is 6.37. The highest BCUT2D eigenvalue weighted by Crippen LogP contribution is 2.39. The number of carbonyl (C=O) groups is 3. The first-order valence-electron chi connectivity index (χ1n) is 20.0. The number of hydrogen-bond donors (Lipinski definition) is 6. The summed E-state index contributed by atoms with van der Waals surface area (Å²) in [5, 5.41) is 16.2. The number of methoxy groups -OCH3 is 1. The van der Waals surface area contributed by atoms with Crippen molar-refractivity contribution in [3.8, 4) is 28.7 Å². The lowest BCUT2D eigenvalue weighted by Crippen LogP contribution is -2.33. The van der Waals surface area contributed by atoms with E-state index >= 15 is 0 Å². The van der Waals surface area contributed by atoms with Crippen LogP contribution in [-0.2, 0) is 17.8 Å². The Morgan fingerprint density at radius 3 is 2.68 bits per heavy atom. The van der Waals surface area contributed by atoms with Crippen LogP contribution in [0.25, 0.3) is 5.69 Å². The van der Waals surface area contributed by atoms with E-state index in [1.54, 1.807) is 42.0 Å². The number of hydrogen-bond acceptors (Lipinski definition) is 14. The predicted octanol–water partition coefficient (Wildman–Crippen LogP) is 6.00. The summed E-state index contributed by atoms with van der Waals surface area (Å²) < 4.78 is 34.2. The van der Waals surface area contributed by atoms with Crippen LogP contribution in [-0.4, -0.2) is 71.0 Å². The number of amides is 2. The molecule has 0 saturated heterocycles. The number of nitrogens with zero attached hydrogens (tertiary/aromatic N) is 4. The van der Waals surface area contributed by atoms with E-state index in [1.807, 2.05) is 54.1 Å². The number of imidazole rings is 1. The number of anilines is 2. The van der Waals surface area contributed by atoms with Crippen LogP contribution in [0.15, 0.2) is 109 Å². The highest BCUT2D eigenvalue weighted by atomic mass is 32.1. The molecule has 3 heterocycles. The summed E-state index contributed by atoms with van der Waals surface area (Å²) in [7, 11) is 1.53. The Morgan fingerprint density at radius 1 is 1.06 bits per heavy atom. The van der Waals surface area contributed by atoms with Crippen LogP contribution in [0.5, 0.6) is 23.0 Å². The molecule has 0 bridgehead atoms. The van der Waals surface area contributed by atoms with Gasteiger partial charge in [-0.1, -0.05) is 24.3 Å².